The van der Waals surface area contributed by atoms with Crippen molar-refractivity contribution in [1.29, 1.82) is 0 Å². The molecule has 2 aromatic rings. The lowest BCUT2D eigenvalue weighted by Gasteiger charge is -2.33. The van der Waals surface area contributed by atoms with Crippen LogP contribution in [0.1, 0.15) is 27.7 Å². The number of nitrogens with one attached hydrogen (secondary N) is 3. The van der Waals surface area contributed by atoms with Crippen LogP contribution in [0, 0.1) is 11.3 Å². The molecule has 0 fully saturated rings. The minimum absolute atomic E-state index is 0.149. The summed E-state index contributed by atoms with van der Waals surface area (Å²) in [7, 11) is 0. The number of urea groups is 1. The zero-order valence-electron chi connectivity index (χ0n) is 13.6. The summed E-state index contributed by atoms with van der Waals surface area (Å²) >= 11 is 0. The Morgan fingerprint density at radius 3 is 2.73 bits per heavy atom. The number of anilines is 1. The number of hydrogen-bond acceptors (Lipinski definition) is 2. The number of aliphatic hydroxyl groups is 1. The number of aliphatic hydroxyl groups excluding tert-OH is 1. The lowest BCUT2D eigenvalue weighted by molar-refractivity contribution is 0.0154. The summed E-state index contributed by atoms with van der Waals surface area (Å²) in [5.74, 6) is 0.149. The third kappa shape index (κ3) is 3.80. The zero-order valence-corrected chi connectivity index (χ0v) is 13.6. The molecule has 2 amide bonds. The number of aromatic amines is 1. The lowest BCUT2D eigenvalue weighted by atomic mass is 9.81. The van der Waals surface area contributed by atoms with Crippen LogP contribution in [0.4, 0.5) is 10.5 Å². The maximum absolute atomic E-state index is 12.0. The van der Waals surface area contributed by atoms with E-state index in [2.05, 4.69) is 15.6 Å². The van der Waals surface area contributed by atoms with E-state index < -0.39 is 6.10 Å². The van der Waals surface area contributed by atoms with E-state index in [1.807, 2.05) is 58.2 Å². The zero-order chi connectivity index (χ0) is 16.3. The van der Waals surface area contributed by atoms with Gasteiger partial charge in [-0.15, -0.1) is 0 Å². The molecule has 0 saturated carbocycles. The molecule has 4 N–H and O–H groups in total. The minimum Gasteiger partial charge on any atom is -0.392 e. The van der Waals surface area contributed by atoms with Crippen LogP contribution in [0.25, 0.3) is 10.9 Å². The van der Waals surface area contributed by atoms with Crippen LogP contribution in [0.3, 0.4) is 0 Å². The van der Waals surface area contributed by atoms with Crippen molar-refractivity contribution < 1.29 is 9.90 Å². The van der Waals surface area contributed by atoms with E-state index in [0.29, 0.717) is 6.54 Å². The van der Waals surface area contributed by atoms with Crippen LogP contribution in [0.15, 0.2) is 30.5 Å². The van der Waals surface area contributed by atoms with Gasteiger partial charge in [0, 0.05) is 34.7 Å². The van der Waals surface area contributed by atoms with Gasteiger partial charge in [0.25, 0.3) is 0 Å². The maximum Gasteiger partial charge on any atom is 0.319 e. The predicted octanol–water partition coefficient (Wildman–Crippen LogP) is 3.33. The van der Waals surface area contributed by atoms with Crippen molar-refractivity contribution in [3.8, 4) is 0 Å². The molecular weight excluding hydrogens is 278 g/mol. The molecule has 0 spiro atoms. The molecule has 120 valence electrons. The molecule has 1 aromatic heterocycles. The number of hydrogen-bond donors (Lipinski definition) is 4. The van der Waals surface area contributed by atoms with Gasteiger partial charge in [-0.05, 0) is 30.2 Å². The van der Waals surface area contributed by atoms with E-state index >= 15 is 0 Å². The van der Waals surface area contributed by atoms with E-state index in [-0.39, 0.29) is 17.4 Å². The van der Waals surface area contributed by atoms with Crippen LogP contribution in [-0.2, 0) is 0 Å². The van der Waals surface area contributed by atoms with Gasteiger partial charge in [-0.2, -0.15) is 0 Å². The van der Waals surface area contributed by atoms with E-state index in [1.165, 1.54) is 0 Å². The summed E-state index contributed by atoms with van der Waals surface area (Å²) < 4.78 is 0. The lowest BCUT2D eigenvalue weighted by Crippen LogP contribution is -2.44. The van der Waals surface area contributed by atoms with Crippen molar-refractivity contribution in [2.24, 2.45) is 11.3 Å². The molecule has 0 aliphatic heterocycles. The van der Waals surface area contributed by atoms with Gasteiger partial charge in [-0.25, -0.2) is 4.79 Å². The van der Waals surface area contributed by atoms with Crippen LogP contribution in [0.2, 0.25) is 0 Å². The summed E-state index contributed by atoms with van der Waals surface area (Å²) in [6, 6.07) is 7.39. The van der Waals surface area contributed by atoms with Crippen molar-refractivity contribution in [1.82, 2.24) is 10.3 Å². The largest absolute Gasteiger partial charge is 0.392 e. The Kier molecular flexibility index (Phi) is 4.76. The number of H-pyrrole nitrogens is 1. The summed E-state index contributed by atoms with van der Waals surface area (Å²) in [5, 5.41) is 16.9. The molecule has 1 aromatic carbocycles. The smallest absolute Gasteiger partial charge is 0.319 e. The predicted molar refractivity (Wildman–Crippen MR) is 89.9 cm³/mol. The quantitative estimate of drug-likeness (QED) is 0.684. The molecule has 2 rings (SSSR count). The Labute approximate surface area is 131 Å². The maximum atomic E-state index is 12.0. The van der Waals surface area contributed by atoms with Gasteiger partial charge in [-0.3, -0.25) is 0 Å². The number of carbonyl (C=O) groups excluding carboxylic acids is 1. The first-order valence-corrected chi connectivity index (χ1v) is 7.59. The number of benzene rings is 1. The van der Waals surface area contributed by atoms with Crippen molar-refractivity contribution in [2.45, 2.75) is 33.8 Å². The van der Waals surface area contributed by atoms with E-state index in [4.69, 9.17) is 0 Å². The molecule has 1 atom stereocenters. The fraction of sp³-hybridized carbons (Fsp3) is 0.471. The van der Waals surface area contributed by atoms with E-state index in [1.54, 1.807) is 0 Å². The van der Waals surface area contributed by atoms with Gasteiger partial charge >= 0.3 is 6.03 Å². The SMILES string of the molecule is CC(C)C(O)C(C)(C)CNC(=O)Nc1ccc2[nH]ccc2c1. The van der Waals surface area contributed by atoms with Gasteiger partial charge in [0.15, 0.2) is 0 Å². The Bertz CT molecular complexity index is 646. The topological polar surface area (TPSA) is 77.2 Å². The molecule has 0 bridgehead atoms. The fourth-order valence-electron chi connectivity index (χ4n) is 2.62. The summed E-state index contributed by atoms with van der Waals surface area (Å²) in [4.78, 5) is 15.1. The molecular formula is C17H25N3O2. The van der Waals surface area contributed by atoms with Crippen LogP contribution < -0.4 is 10.6 Å². The monoisotopic (exact) mass is 303 g/mol. The van der Waals surface area contributed by atoms with E-state index in [0.717, 1.165) is 16.6 Å². The van der Waals surface area contributed by atoms with Crippen molar-refractivity contribution in [3.05, 3.63) is 30.5 Å². The fourth-order valence-corrected chi connectivity index (χ4v) is 2.62. The normalized spacial score (nSPS) is 13.4. The second-order valence-corrected chi connectivity index (χ2v) is 6.76. The number of rotatable bonds is 5. The van der Waals surface area contributed by atoms with Crippen molar-refractivity contribution in [2.75, 3.05) is 11.9 Å². The number of amides is 2. The Hall–Kier alpha value is -2.01. The summed E-state index contributed by atoms with van der Waals surface area (Å²) in [6.07, 6.45) is 1.40. The number of carbonyl (C=O) groups is 1. The average molecular weight is 303 g/mol. The van der Waals surface area contributed by atoms with Gasteiger partial charge < -0.3 is 20.7 Å². The first-order valence-electron chi connectivity index (χ1n) is 7.59. The van der Waals surface area contributed by atoms with Gasteiger partial charge in [-0.1, -0.05) is 27.7 Å². The molecule has 0 aliphatic rings. The Morgan fingerprint density at radius 2 is 2.05 bits per heavy atom. The summed E-state index contributed by atoms with van der Waals surface area (Å²) in [5.41, 5.74) is 1.40. The highest BCUT2D eigenvalue weighted by Crippen LogP contribution is 2.25. The Morgan fingerprint density at radius 1 is 1.32 bits per heavy atom. The molecule has 5 heteroatoms. The molecule has 0 radical (unpaired) electrons. The van der Waals surface area contributed by atoms with Gasteiger partial charge in [0.2, 0.25) is 0 Å². The third-order valence-corrected chi connectivity index (χ3v) is 3.95. The first-order chi connectivity index (χ1) is 10.3. The molecule has 1 unspecified atom stereocenters. The molecule has 22 heavy (non-hydrogen) atoms. The minimum atomic E-state index is -0.469. The van der Waals surface area contributed by atoms with Crippen LogP contribution in [-0.4, -0.2) is 28.8 Å². The van der Waals surface area contributed by atoms with E-state index in [9.17, 15) is 9.90 Å². The van der Waals surface area contributed by atoms with Crippen LogP contribution in [0.5, 0.6) is 0 Å². The number of aromatic nitrogens is 1. The highest BCUT2D eigenvalue weighted by Gasteiger charge is 2.30. The van der Waals surface area contributed by atoms with Crippen LogP contribution >= 0.6 is 0 Å². The standard InChI is InChI=1S/C17H25N3O2/c1-11(2)15(21)17(3,4)10-19-16(22)20-13-5-6-14-12(9-13)7-8-18-14/h5-9,11,15,18,21H,10H2,1-4H3,(H2,19,20,22). The third-order valence-electron chi connectivity index (χ3n) is 3.95. The molecule has 0 aliphatic carbocycles. The number of fused-ring (bicyclic) bond motifs is 1. The Balaban J connectivity index is 1.92. The summed E-state index contributed by atoms with van der Waals surface area (Å²) in [6.45, 7) is 8.25. The molecule has 1 heterocycles. The average Bonchev–Trinajstić information content (AvgIpc) is 2.92. The second kappa shape index (κ2) is 6.40. The second-order valence-electron chi connectivity index (χ2n) is 6.76. The van der Waals surface area contributed by atoms with Crippen molar-refractivity contribution in [3.63, 3.8) is 0 Å². The van der Waals surface area contributed by atoms with Gasteiger partial charge in [0.05, 0.1) is 6.10 Å². The molecule has 5 nitrogen and oxygen atoms in total. The molecule has 0 saturated heterocycles. The highest BCUT2D eigenvalue weighted by atomic mass is 16.3. The highest BCUT2D eigenvalue weighted by molar-refractivity contribution is 5.92. The van der Waals surface area contributed by atoms with Crippen molar-refractivity contribution >= 4 is 22.6 Å². The van der Waals surface area contributed by atoms with Gasteiger partial charge in [0.1, 0.15) is 0 Å². The first kappa shape index (κ1) is 16.4.